The molecule has 2 nitrogen and oxygen atoms in total. The third-order valence-electron chi connectivity index (χ3n) is 1.14. The zero-order valence-electron chi connectivity index (χ0n) is 7.87. The predicted octanol–water partition coefficient (Wildman–Crippen LogP) is 3.55. The van der Waals surface area contributed by atoms with E-state index in [0.29, 0.717) is 5.02 Å². The molecule has 0 amide bonds. The first kappa shape index (κ1) is 10.5. The van der Waals surface area contributed by atoms with Crippen molar-refractivity contribution in [2.45, 2.75) is 26.4 Å². The highest BCUT2D eigenvalue weighted by Gasteiger charge is 2.09. The summed E-state index contributed by atoms with van der Waals surface area (Å²) in [5, 5.41) is 6.48. The molecular weight excluding hydrogens is 206 g/mol. The summed E-state index contributed by atoms with van der Waals surface area (Å²) < 4.78 is 0. The lowest BCUT2D eigenvalue weighted by Crippen LogP contribution is -2.15. The van der Waals surface area contributed by atoms with Crippen LogP contribution in [0.3, 0.4) is 0 Å². The molecule has 0 saturated heterocycles. The molecular formula is C9H12ClNOS. The average Bonchev–Trinajstić information content (AvgIpc) is 2.34. The molecule has 1 aromatic heterocycles. The van der Waals surface area contributed by atoms with Crippen molar-refractivity contribution in [3.63, 3.8) is 0 Å². The van der Waals surface area contributed by atoms with Gasteiger partial charge in [-0.3, -0.25) is 0 Å². The van der Waals surface area contributed by atoms with Crippen molar-refractivity contribution < 1.29 is 4.84 Å². The van der Waals surface area contributed by atoms with E-state index >= 15 is 0 Å². The highest BCUT2D eigenvalue weighted by molar-refractivity contribution is 7.12. The topological polar surface area (TPSA) is 21.6 Å². The van der Waals surface area contributed by atoms with Gasteiger partial charge in [0.15, 0.2) is 0 Å². The molecule has 1 aromatic rings. The molecule has 0 radical (unpaired) electrons. The Hall–Kier alpha value is -0.540. The highest BCUT2D eigenvalue weighted by Crippen LogP contribution is 2.19. The molecule has 0 saturated carbocycles. The summed E-state index contributed by atoms with van der Waals surface area (Å²) in [6, 6.07) is 1.84. The van der Waals surface area contributed by atoms with Gasteiger partial charge in [0.2, 0.25) is 0 Å². The Morgan fingerprint density at radius 2 is 2.23 bits per heavy atom. The number of rotatable bonds is 2. The third-order valence-corrected chi connectivity index (χ3v) is 2.43. The van der Waals surface area contributed by atoms with Crippen molar-refractivity contribution in [3.8, 4) is 0 Å². The minimum atomic E-state index is -0.250. The molecule has 0 unspecified atom stereocenters. The number of thiophene rings is 1. The summed E-state index contributed by atoms with van der Waals surface area (Å²) in [6.07, 6.45) is 1.64. The van der Waals surface area contributed by atoms with E-state index in [9.17, 15) is 0 Å². The van der Waals surface area contributed by atoms with E-state index in [4.69, 9.17) is 16.4 Å². The molecule has 0 N–H and O–H groups in total. The van der Waals surface area contributed by atoms with E-state index in [1.165, 1.54) is 11.3 Å². The van der Waals surface area contributed by atoms with Gasteiger partial charge in [-0.2, -0.15) is 0 Å². The molecule has 0 aliphatic rings. The lowest BCUT2D eigenvalue weighted by molar-refractivity contribution is 0.00202. The van der Waals surface area contributed by atoms with E-state index in [1.54, 1.807) is 6.21 Å². The monoisotopic (exact) mass is 217 g/mol. The van der Waals surface area contributed by atoms with Crippen LogP contribution < -0.4 is 0 Å². The van der Waals surface area contributed by atoms with Crippen LogP contribution in [0.15, 0.2) is 16.6 Å². The lowest BCUT2D eigenvalue weighted by Gasteiger charge is -2.14. The van der Waals surface area contributed by atoms with E-state index in [-0.39, 0.29) is 5.60 Å². The van der Waals surface area contributed by atoms with Gasteiger partial charge in [0.1, 0.15) is 5.60 Å². The van der Waals surface area contributed by atoms with E-state index < -0.39 is 0 Å². The van der Waals surface area contributed by atoms with E-state index in [0.717, 1.165) is 4.88 Å². The number of hydrogen-bond acceptors (Lipinski definition) is 3. The lowest BCUT2D eigenvalue weighted by atomic mass is 10.2. The number of oxime groups is 1. The normalized spacial score (nSPS) is 12.3. The number of halogens is 1. The van der Waals surface area contributed by atoms with Gasteiger partial charge in [-0.15, -0.1) is 11.3 Å². The van der Waals surface area contributed by atoms with Crippen molar-refractivity contribution in [2.75, 3.05) is 0 Å². The van der Waals surface area contributed by atoms with Crippen molar-refractivity contribution in [1.82, 2.24) is 0 Å². The number of hydrogen-bond donors (Lipinski definition) is 0. The van der Waals surface area contributed by atoms with Crippen LogP contribution in [0.25, 0.3) is 0 Å². The Morgan fingerprint density at radius 1 is 1.54 bits per heavy atom. The van der Waals surface area contributed by atoms with Crippen LogP contribution in [-0.4, -0.2) is 11.8 Å². The number of nitrogens with zero attached hydrogens (tertiary/aromatic N) is 1. The zero-order chi connectivity index (χ0) is 9.90. The standard InChI is InChI=1S/C9H12ClNOS/c1-9(2,3)12-11-6-8-7(10)4-5-13-8/h4-6H,1-3H3/b11-6+. The van der Waals surface area contributed by atoms with Crippen LogP contribution in [0.4, 0.5) is 0 Å². The molecule has 1 heterocycles. The van der Waals surface area contributed by atoms with Crippen LogP contribution in [0, 0.1) is 0 Å². The van der Waals surface area contributed by atoms with Gasteiger partial charge in [0.25, 0.3) is 0 Å². The largest absolute Gasteiger partial charge is 0.390 e. The van der Waals surface area contributed by atoms with Crippen LogP contribution >= 0.6 is 22.9 Å². The summed E-state index contributed by atoms with van der Waals surface area (Å²) in [5.41, 5.74) is -0.250. The second kappa shape index (κ2) is 4.11. The fraction of sp³-hybridized carbons (Fsp3) is 0.444. The molecule has 0 atom stereocenters. The smallest absolute Gasteiger partial charge is 0.129 e. The molecule has 0 aliphatic carbocycles. The first-order chi connectivity index (χ1) is 5.99. The van der Waals surface area contributed by atoms with Gasteiger partial charge < -0.3 is 4.84 Å². The molecule has 72 valence electrons. The molecule has 0 spiro atoms. The Labute approximate surface area is 87.2 Å². The third kappa shape index (κ3) is 3.79. The van der Waals surface area contributed by atoms with Gasteiger partial charge in [0, 0.05) is 0 Å². The van der Waals surface area contributed by atoms with Gasteiger partial charge in [-0.1, -0.05) is 16.8 Å². The van der Waals surface area contributed by atoms with Crippen LogP contribution in [0.5, 0.6) is 0 Å². The van der Waals surface area contributed by atoms with Gasteiger partial charge in [-0.25, -0.2) is 0 Å². The van der Waals surface area contributed by atoms with Crippen LogP contribution in [-0.2, 0) is 4.84 Å². The average molecular weight is 218 g/mol. The van der Waals surface area contributed by atoms with Crippen molar-refractivity contribution in [1.29, 1.82) is 0 Å². The SMILES string of the molecule is CC(C)(C)O/N=C/c1sccc1Cl. The second-order valence-electron chi connectivity index (χ2n) is 3.57. The maximum atomic E-state index is 5.85. The Bertz CT molecular complexity index is 301. The van der Waals surface area contributed by atoms with Crippen molar-refractivity contribution >= 4 is 29.2 Å². The minimum Gasteiger partial charge on any atom is -0.390 e. The molecule has 1 rings (SSSR count). The van der Waals surface area contributed by atoms with Crippen molar-refractivity contribution in [2.24, 2.45) is 5.16 Å². The molecule has 13 heavy (non-hydrogen) atoms. The molecule has 0 aliphatic heterocycles. The summed E-state index contributed by atoms with van der Waals surface area (Å²) >= 11 is 7.39. The van der Waals surface area contributed by atoms with Crippen LogP contribution in [0.1, 0.15) is 25.6 Å². The van der Waals surface area contributed by atoms with E-state index in [2.05, 4.69) is 5.16 Å². The summed E-state index contributed by atoms with van der Waals surface area (Å²) in [6.45, 7) is 5.83. The molecule has 0 aromatic carbocycles. The fourth-order valence-electron chi connectivity index (χ4n) is 0.630. The Morgan fingerprint density at radius 3 is 2.69 bits per heavy atom. The molecule has 0 bridgehead atoms. The second-order valence-corrected chi connectivity index (χ2v) is 4.93. The Balaban J connectivity index is 2.55. The zero-order valence-corrected chi connectivity index (χ0v) is 9.45. The maximum absolute atomic E-state index is 5.85. The van der Waals surface area contributed by atoms with Crippen LogP contribution in [0.2, 0.25) is 5.02 Å². The first-order valence-electron chi connectivity index (χ1n) is 3.93. The van der Waals surface area contributed by atoms with E-state index in [1.807, 2.05) is 32.2 Å². The molecule has 4 heteroatoms. The molecule has 0 fully saturated rings. The minimum absolute atomic E-state index is 0.250. The quantitative estimate of drug-likeness (QED) is 0.549. The Kier molecular flexibility index (Phi) is 3.33. The van der Waals surface area contributed by atoms with Gasteiger partial charge >= 0.3 is 0 Å². The highest BCUT2D eigenvalue weighted by atomic mass is 35.5. The van der Waals surface area contributed by atoms with Gasteiger partial charge in [-0.05, 0) is 32.2 Å². The maximum Gasteiger partial charge on any atom is 0.129 e. The summed E-state index contributed by atoms with van der Waals surface area (Å²) in [4.78, 5) is 6.10. The van der Waals surface area contributed by atoms with Crippen molar-refractivity contribution in [3.05, 3.63) is 21.3 Å². The first-order valence-corrected chi connectivity index (χ1v) is 5.19. The fourth-order valence-corrected chi connectivity index (χ4v) is 1.59. The van der Waals surface area contributed by atoms with Gasteiger partial charge in [0.05, 0.1) is 16.1 Å². The predicted molar refractivity (Wildman–Crippen MR) is 57.8 cm³/mol. The summed E-state index contributed by atoms with van der Waals surface area (Å²) in [7, 11) is 0. The summed E-state index contributed by atoms with van der Waals surface area (Å²) in [5.74, 6) is 0.